The largest absolute Gasteiger partial charge is 0.508 e. The van der Waals surface area contributed by atoms with Gasteiger partial charge in [-0.3, -0.25) is 19.8 Å². The molecule has 2 heterocycles. The molecule has 0 saturated carbocycles. The molecule has 202 valence electrons. The molecule has 0 aliphatic rings. The Labute approximate surface area is 226 Å². The summed E-state index contributed by atoms with van der Waals surface area (Å²) in [4.78, 5) is 50.8. The van der Waals surface area contributed by atoms with Crippen LogP contribution < -0.4 is 11.1 Å². The summed E-state index contributed by atoms with van der Waals surface area (Å²) < 4.78 is 2.42. The van der Waals surface area contributed by atoms with Crippen LogP contribution in [0.5, 0.6) is 5.75 Å². The van der Waals surface area contributed by atoms with Crippen molar-refractivity contribution in [3.8, 4) is 17.1 Å². The monoisotopic (exact) mass is 540 g/mol. The van der Waals surface area contributed by atoms with Gasteiger partial charge in [-0.05, 0) is 67.9 Å². The van der Waals surface area contributed by atoms with Crippen molar-refractivity contribution >= 4 is 11.9 Å². The Morgan fingerprint density at radius 3 is 1.57 bits per heavy atom. The number of H-pyrrole nitrogens is 2. The molecule has 0 atom stereocenters. The maximum Gasteiger partial charge on any atom is 0.335 e. The highest BCUT2D eigenvalue weighted by molar-refractivity contribution is 5.88. The lowest BCUT2D eigenvalue weighted by Crippen LogP contribution is -2.25. The first-order chi connectivity index (χ1) is 19.1. The lowest BCUT2D eigenvalue weighted by Gasteiger charge is -2.16. The van der Waals surface area contributed by atoms with Crippen molar-refractivity contribution in [1.82, 2.24) is 19.6 Å². The molecule has 5 aromatic rings. The van der Waals surface area contributed by atoms with Crippen LogP contribution in [0.25, 0.3) is 11.4 Å². The van der Waals surface area contributed by atoms with Gasteiger partial charge in [-0.25, -0.2) is 19.0 Å². The number of hydrogen-bond acceptors (Lipinski definition) is 5. The smallest absolute Gasteiger partial charge is 0.335 e. The van der Waals surface area contributed by atoms with E-state index < -0.39 is 29.0 Å². The Morgan fingerprint density at radius 1 is 0.700 bits per heavy atom. The Balaban J connectivity index is 1.75. The highest BCUT2D eigenvalue weighted by atomic mass is 16.4. The summed E-state index contributed by atoms with van der Waals surface area (Å²) in [6.45, 7) is 3.34. The minimum Gasteiger partial charge on any atom is -0.508 e. The molecule has 5 N–H and O–H groups in total. The molecule has 3 aromatic carbocycles. The highest BCUT2D eigenvalue weighted by Gasteiger charge is 2.31. The lowest BCUT2D eigenvalue weighted by atomic mass is 9.85. The predicted octanol–water partition coefficient (Wildman–Crippen LogP) is 3.54. The van der Waals surface area contributed by atoms with Crippen LogP contribution in [0, 0.1) is 13.8 Å². The van der Waals surface area contributed by atoms with Gasteiger partial charge in [-0.1, -0.05) is 24.3 Å². The van der Waals surface area contributed by atoms with E-state index in [2.05, 4.69) is 10.2 Å². The van der Waals surface area contributed by atoms with Crippen LogP contribution in [-0.4, -0.2) is 46.8 Å². The number of aryl methyl sites for hydroxylation is 2. The topological polar surface area (TPSA) is 170 Å². The molecule has 0 amide bonds. The number of carboxylic acids is 2. The number of aromatic nitrogens is 4. The second-order valence-electron chi connectivity index (χ2n) is 9.32. The van der Waals surface area contributed by atoms with Crippen molar-refractivity contribution in [2.24, 2.45) is 0 Å². The van der Waals surface area contributed by atoms with Crippen molar-refractivity contribution in [2.75, 3.05) is 0 Å². The highest BCUT2D eigenvalue weighted by Crippen LogP contribution is 2.33. The van der Waals surface area contributed by atoms with Crippen LogP contribution in [0.15, 0.2) is 82.4 Å². The number of aromatic amines is 2. The summed E-state index contributed by atoms with van der Waals surface area (Å²) in [5.41, 5.74) is 1.33. The van der Waals surface area contributed by atoms with E-state index in [1.807, 2.05) is 0 Å². The van der Waals surface area contributed by atoms with E-state index in [0.717, 1.165) is 0 Å². The maximum absolute atomic E-state index is 13.9. The molecule has 0 aliphatic carbocycles. The van der Waals surface area contributed by atoms with Gasteiger partial charge >= 0.3 is 11.9 Å². The zero-order chi connectivity index (χ0) is 28.7. The number of aromatic carboxylic acids is 2. The third kappa shape index (κ3) is 4.49. The van der Waals surface area contributed by atoms with Crippen molar-refractivity contribution in [3.63, 3.8) is 0 Å². The third-order valence-electron chi connectivity index (χ3n) is 6.72. The predicted molar refractivity (Wildman–Crippen MR) is 145 cm³/mol. The van der Waals surface area contributed by atoms with E-state index >= 15 is 0 Å². The summed E-state index contributed by atoms with van der Waals surface area (Å²) in [5, 5.41) is 35.1. The first-order valence-electron chi connectivity index (χ1n) is 12.2. The summed E-state index contributed by atoms with van der Waals surface area (Å²) in [6, 6.07) is 18.0. The van der Waals surface area contributed by atoms with Gasteiger partial charge in [0.05, 0.1) is 33.6 Å². The zero-order valence-corrected chi connectivity index (χ0v) is 21.4. The summed E-state index contributed by atoms with van der Waals surface area (Å²) in [7, 11) is 0. The first kappa shape index (κ1) is 26.0. The van der Waals surface area contributed by atoms with Crippen molar-refractivity contribution in [1.29, 1.82) is 0 Å². The number of aromatic hydroxyl groups is 1. The molecule has 0 saturated heterocycles. The molecule has 2 aromatic heterocycles. The lowest BCUT2D eigenvalue weighted by molar-refractivity contribution is 0.0686. The maximum atomic E-state index is 13.9. The molecule has 11 heteroatoms. The molecular formula is C29H24N4O7. The minimum absolute atomic E-state index is 0.00399. The molecule has 0 aliphatic heterocycles. The van der Waals surface area contributed by atoms with Crippen LogP contribution in [0.1, 0.15) is 54.7 Å². The van der Waals surface area contributed by atoms with E-state index in [-0.39, 0.29) is 28.0 Å². The second-order valence-corrected chi connectivity index (χ2v) is 9.32. The molecule has 40 heavy (non-hydrogen) atoms. The molecule has 0 radical (unpaired) electrons. The van der Waals surface area contributed by atoms with Gasteiger partial charge in [0.2, 0.25) is 0 Å². The average molecular weight is 541 g/mol. The van der Waals surface area contributed by atoms with E-state index in [1.54, 1.807) is 38.1 Å². The Kier molecular flexibility index (Phi) is 6.48. The Morgan fingerprint density at radius 2 is 1.15 bits per heavy atom. The second kappa shape index (κ2) is 9.95. The first-order valence-corrected chi connectivity index (χ1v) is 12.2. The van der Waals surface area contributed by atoms with Gasteiger partial charge in [0.25, 0.3) is 11.1 Å². The number of nitrogens with zero attached hydrogens (tertiary/aromatic N) is 2. The van der Waals surface area contributed by atoms with Crippen molar-refractivity contribution < 1.29 is 24.9 Å². The fraction of sp³-hybridized carbons (Fsp3) is 0.103. The van der Waals surface area contributed by atoms with Gasteiger partial charge in [0.1, 0.15) is 5.75 Å². The standard InChI is InChI=1S/C29H24N4O7/c1-15-23(26(35)32(30-15)20-9-3-7-18(12-20)28(37)38)25(17-6-5-11-22(34)14-17)24-16(2)31-33(27(24)36)21-10-4-8-19(13-21)29(39)40/h3-14,25,30-31,34H,1-2H3,(H,37,38)(H,39,40). The number of hydrogen-bond donors (Lipinski definition) is 5. The van der Waals surface area contributed by atoms with Crippen LogP contribution in [0.3, 0.4) is 0 Å². The summed E-state index contributed by atoms with van der Waals surface area (Å²) in [5.74, 6) is -3.29. The molecule has 11 nitrogen and oxygen atoms in total. The summed E-state index contributed by atoms with van der Waals surface area (Å²) >= 11 is 0. The molecule has 0 unspecified atom stereocenters. The zero-order valence-electron chi connectivity index (χ0n) is 21.4. The molecule has 0 fully saturated rings. The van der Waals surface area contributed by atoms with Crippen molar-refractivity contribution in [2.45, 2.75) is 19.8 Å². The minimum atomic E-state index is -1.15. The van der Waals surface area contributed by atoms with Crippen molar-refractivity contribution in [3.05, 3.63) is 133 Å². The van der Waals surface area contributed by atoms with Crippen LogP contribution in [0.2, 0.25) is 0 Å². The van der Waals surface area contributed by atoms with Gasteiger partial charge in [0.15, 0.2) is 0 Å². The van der Waals surface area contributed by atoms with Gasteiger partial charge in [-0.15, -0.1) is 0 Å². The molecular weight excluding hydrogens is 516 g/mol. The van der Waals surface area contributed by atoms with Crippen LogP contribution in [0.4, 0.5) is 0 Å². The third-order valence-corrected chi connectivity index (χ3v) is 6.72. The number of phenols is 1. The number of rotatable bonds is 7. The van der Waals surface area contributed by atoms with E-state index in [0.29, 0.717) is 28.3 Å². The molecule has 5 rings (SSSR count). The number of benzene rings is 3. The van der Waals surface area contributed by atoms with E-state index in [9.17, 15) is 34.5 Å². The molecule has 0 bridgehead atoms. The van der Waals surface area contributed by atoms with Gasteiger partial charge < -0.3 is 15.3 Å². The Bertz CT molecular complexity index is 1790. The van der Waals surface area contributed by atoms with Gasteiger partial charge in [0, 0.05) is 17.3 Å². The van der Waals surface area contributed by atoms with E-state index in [1.165, 1.54) is 57.9 Å². The van der Waals surface area contributed by atoms with E-state index in [4.69, 9.17) is 0 Å². The molecule has 0 spiro atoms. The van der Waals surface area contributed by atoms with Crippen LogP contribution in [-0.2, 0) is 0 Å². The normalized spacial score (nSPS) is 11.2. The van der Waals surface area contributed by atoms with Crippen LogP contribution >= 0.6 is 0 Å². The summed E-state index contributed by atoms with van der Waals surface area (Å²) in [6.07, 6.45) is 0. The number of nitrogens with one attached hydrogen (secondary N) is 2. The number of carboxylic acid groups (broad SMARTS) is 2. The number of phenolic OH excluding ortho intramolecular Hbond substituents is 1. The Hall–Kier alpha value is -5.58. The fourth-order valence-corrected chi connectivity index (χ4v) is 4.90. The fourth-order valence-electron chi connectivity index (χ4n) is 4.90. The average Bonchev–Trinajstić information content (AvgIpc) is 3.39. The quantitative estimate of drug-likeness (QED) is 0.210. The number of carbonyl (C=O) groups is 2. The van der Waals surface area contributed by atoms with Gasteiger partial charge in [-0.2, -0.15) is 0 Å². The SMILES string of the molecule is Cc1[nH]n(-c2cccc(C(=O)O)c2)c(=O)c1C(c1cccc(O)c1)c1c(C)[nH]n(-c2cccc(C(=O)O)c2)c1=O.